The Kier molecular flexibility index (Phi) is 4.37. The van der Waals surface area contributed by atoms with E-state index in [1.54, 1.807) is 37.0 Å². The second kappa shape index (κ2) is 6.21. The van der Waals surface area contributed by atoms with Gasteiger partial charge in [-0.2, -0.15) is 0 Å². The summed E-state index contributed by atoms with van der Waals surface area (Å²) >= 11 is 0. The first-order valence-electron chi connectivity index (χ1n) is 6.57. The Bertz CT molecular complexity index is 646. The van der Waals surface area contributed by atoms with Crippen LogP contribution >= 0.6 is 0 Å². The number of amides is 1. The van der Waals surface area contributed by atoms with Crippen molar-refractivity contribution >= 4 is 17.6 Å². The summed E-state index contributed by atoms with van der Waals surface area (Å²) in [5, 5.41) is 11.7. The van der Waals surface area contributed by atoms with Crippen molar-refractivity contribution in [2.75, 3.05) is 5.32 Å². The maximum absolute atomic E-state index is 12.0. The smallest absolute Gasteiger partial charge is 0.306 e. The molecule has 21 heavy (non-hydrogen) atoms. The molecule has 1 heterocycles. The van der Waals surface area contributed by atoms with Crippen LogP contribution in [0.5, 0.6) is 0 Å². The predicted molar refractivity (Wildman–Crippen MR) is 78.1 cm³/mol. The van der Waals surface area contributed by atoms with Crippen LogP contribution in [0.4, 0.5) is 5.69 Å². The van der Waals surface area contributed by atoms with Gasteiger partial charge in [0.1, 0.15) is 5.69 Å². The Morgan fingerprint density at radius 3 is 2.52 bits per heavy atom. The standard InChI is InChI=1S/C15H17N3O3/c1-10(15(20)21)7-11-3-5-12(6-4-11)17-14(19)13-8-16-9-18(13)2/h3-6,8-10H,7H2,1-2H3,(H,17,19)(H,20,21). The number of imidazole rings is 1. The van der Waals surface area contributed by atoms with Gasteiger partial charge in [0.15, 0.2) is 0 Å². The Labute approximate surface area is 122 Å². The maximum Gasteiger partial charge on any atom is 0.306 e. The number of nitrogens with zero attached hydrogens (tertiary/aromatic N) is 2. The molecule has 1 atom stereocenters. The molecule has 0 fully saturated rings. The van der Waals surface area contributed by atoms with Gasteiger partial charge in [0.2, 0.25) is 0 Å². The van der Waals surface area contributed by atoms with Crippen LogP contribution in [0.2, 0.25) is 0 Å². The van der Waals surface area contributed by atoms with Crippen LogP contribution in [0, 0.1) is 5.92 Å². The zero-order valence-electron chi connectivity index (χ0n) is 11.9. The summed E-state index contributed by atoms with van der Waals surface area (Å²) in [6.45, 7) is 1.67. The molecule has 0 bridgehead atoms. The summed E-state index contributed by atoms with van der Waals surface area (Å²) in [6.07, 6.45) is 3.52. The number of aromatic nitrogens is 2. The third-order valence-electron chi connectivity index (χ3n) is 3.22. The number of anilines is 1. The molecule has 0 saturated heterocycles. The summed E-state index contributed by atoms with van der Waals surface area (Å²) in [7, 11) is 1.75. The Balaban J connectivity index is 2.01. The van der Waals surface area contributed by atoms with E-state index in [1.807, 2.05) is 12.1 Å². The summed E-state index contributed by atoms with van der Waals surface area (Å²) in [5.41, 5.74) is 2.05. The monoisotopic (exact) mass is 287 g/mol. The molecular formula is C15H17N3O3. The molecule has 0 aliphatic heterocycles. The van der Waals surface area contributed by atoms with Crippen LogP contribution in [0.3, 0.4) is 0 Å². The molecule has 1 aromatic heterocycles. The maximum atomic E-state index is 12.0. The minimum Gasteiger partial charge on any atom is -0.481 e. The lowest BCUT2D eigenvalue weighted by molar-refractivity contribution is -0.141. The fraction of sp³-hybridized carbons (Fsp3) is 0.267. The predicted octanol–water partition coefficient (Wildman–Crippen LogP) is 1.94. The van der Waals surface area contributed by atoms with Gasteiger partial charge in [0.05, 0.1) is 18.4 Å². The molecule has 110 valence electrons. The number of carboxylic acid groups (broad SMARTS) is 1. The van der Waals surface area contributed by atoms with Crippen molar-refractivity contribution in [1.82, 2.24) is 9.55 Å². The number of hydrogen-bond donors (Lipinski definition) is 2. The lowest BCUT2D eigenvalue weighted by Crippen LogP contribution is -2.15. The molecule has 0 radical (unpaired) electrons. The molecular weight excluding hydrogens is 270 g/mol. The van der Waals surface area contributed by atoms with Gasteiger partial charge >= 0.3 is 5.97 Å². The normalized spacial score (nSPS) is 11.9. The van der Waals surface area contributed by atoms with E-state index in [4.69, 9.17) is 5.11 Å². The Morgan fingerprint density at radius 2 is 2.00 bits per heavy atom. The zero-order chi connectivity index (χ0) is 15.4. The van der Waals surface area contributed by atoms with Gasteiger partial charge in [-0.05, 0) is 24.1 Å². The second-order valence-corrected chi connectivity index (χ2v) is 4.98. The number of aliphatic carboxylic acids is 1. The number of carboxylic acids is 1. The molecule has 0 aliphatic carbocycles. The van der Waals surface area contributed by atoms with Gasteiger partial charge < -0.3 is 15.0 Å². The van der Waals surface area contributed by atoms with Crippen molar-refractivity contribution in [3.63, 3.8) is 0 Å². The van der Waals surface area contributed by atoms with Crippen LogP contribution in [0.25, 0.3) is 0 Å². The quantitative estimate of drug-likeness (QED) is 0.880. The molecule has 0 saturated carbocycles. The van der Waals surface area contributed by atoms with Gasteiger partial charge in [0, 0.05) is 12.7 Å². The summed E-state index contributed by atoms with van der Waals surface area (Å²) < 4.78 is 1.64. The van der Waals surface area contributed by atoms with Crippen molar-refractivity contribution in [3.05, 3.63) is 48.0 Å². The Hall–Kier alpha value is -2.63. The van der Waals surface area contributed by atoms with Crippen molar-refractivity contribution in [2.45, 2.75) is 13.3 Å². The highest BCUT2D eigenvalue weighted by Crippen LogP contribution is 2.14. The van der Waals surface area contributed by atoms with Gasteiger partial charge in [-0.1, -0.05) is 19.1 Å². The number of nitrogens with one attached hydrogen (secondary N) is 1. The number of hydrogen-bond acceptors (Lipinski definition) is 3. The van der Waals surface area contributed by atoms with Crippen molar-refractivity contribution in [2.24, 2.45) is 13.0 Å². The molecule has 2 N–H and O–H groups in total. The van der Waals surface area contributed by atoms with E-state index in [0.29, 0.717) is 17.8 Å². The second-order valence-electron chi connectivity index (χ2n) is 4.98. The highest BCUT2D eigenvalue weighted by molar-refractivity contribution is 6.02. The van der Waals surface area contributed by atoms with E-state index in [2.05, 4.69) is 10.3 Å². The fourth-order valence-corrected chi connectivity index (χ4v) is 1.94. The van der Waals surface area contributed by atoms with Crippen LogP contribution in [0.15, 0.2) is 36.8 Å². The minimum atomic E-state index is -0.816. The molecule has 6 nitrogen and oxygen atoms in total. The van der Waals surface area contributed by atoms with Crippen LogP contribution in [-0.4, -0.2) is 26.5 Å². The highest BCUT2D eigenvalue weighted by atomic mass is 16.4. The number of rotatable bonds is 5. The van der Waals surface area contributed by atoms with E-state index < -0.39 is 11.9 Å². The van der Waals surface area contributed by atoms with Crippen LogP contribution in [0.1, 0.15) is 23.0 Å². The first-order chi connectivity index (χ1) is 9.97. The number of benzene rings is 1. The van der Waals surface area contributed by atoms with Gasteiger partial charge in [0.25, 0.3) is 5.91 Å². The van der Waals surface area contributed by atoms with E-state index >= 15 is 0 Å². The van der Waals surface area contributed by atoms with Gasteiger partial charge in [-0.15, -0.1) is 0 Å². The van der Waals surface area contributed by atoms with Crippen LogP contribution in [-0.2, 0) is 18.3 Å². The highest BCUT2D eigenvalue weighted by Gasteiger charge is 2.12. The molecule has 0 aliphatic rings. The molecule has 1 amide bonds. The third-order valence-corrected chi connectivity index (χ3v) is 3.22. The zero-order valence-corrected chi connectivity index (χ0v) is 11.9. The average molecular weight is 287 g/mol. The molecule has 1 unspecified atom stereocenters. The topological polar surface area (TPSA) is 84.2 Å². The average Bonchev–Trinajstić information content (AvgIpc) is 2.87. The van der Waals surface area contributed by atoms with Crippen LogP contribution < -0.4 is 5.32 Å². The van der Waals surface area contributed by atoms with Crippen molar-refractivity contribution < 1.29 is 14.7 Å². The minimum absolute atomic E-state index is 0.235. The van der Waals surface area contributed by atoms with Gasteiger partial charge in [-0.3, -0.25) is 9.59 Å². The lowest BCUT2D eigenvalue weighted by atomic mass is 10.0. The van der Waals surface area contributed by atoms with Crippen molar-refractivity contribution in [1.29, 1.82) is 0 Å². The number of carbonyl (C=O) groups is 2. The number of aryl methyl sites for hydroxylation is 1. The largest absolute Gasteiger partial charge is 0.481 e. The van der Waals surface area contributed by atoms with E-state index in [-0.39, 0.29) is 5.91 Å². The van der Waals surface area contributed by atoms with E-state index in [9.17, 15) is 9.59 Å². The third kappa shape index (κ3) is 3.68. The lowest BCUT2D eigenvalue weighted by Gasteiger charge is -2.08. The molecule has 0 spiro atoms. The molecule has 1 aromatic carbocycles. The molecule has 2 rings (SSSR count). The summed E-state index contributed by atoms with van der Waals surface area (Å²) in [5.74, 6) is -1.48. The first-order valence-corrected chi connectivity index (χ1v) is 6.57. The molecule has 2 aromatic rings. The first kappa shape index (κ1) is 14.8. The van der Waals surface area contributed by atoms with Gasteiger partial charge in [-0.25, -0.2) is 4.98 Å². The number of carbonyl (C=O) groups excluding carboxylic acids is 1. The fourth-order valence-electron chi connectivity index (χ4n) is 1.94. The van der Waals surface area contributed by atoms with E-state index in [0.717, 1.165) is 5.56 Å². The molecule has 6 heteroatoms. The van der Waals surface area contributed by atoms with E-state index in [1.165, 1.54) is 6.20 Å². The SMILES string of the molecule is CC(Cc1ccc(NC(=O)c2cncn2C)cc1)C(=O)O. The Morgan fingerprint density at radius 1 is 1.33 bits per heavy atom. The summed E-state index contributed by atoms with van der Waals surface area (Å²) in [6, 6.07) is 7.16. The summed E-state index contributed by atoms with van der Waals surface area (Å²) in [4.78, 5) is 26.7. The van der Waals surface area contributed by atoms with Crippen molar-refractivity contribution in [3.8, 4) is 0 Å².